The van der Waals surface area contributed by atoms with Crippen molar-refractivity contribution in [1.29, 1.82) is 0 Å². The van der Waals surface area contributed by atoms with Gasteiger partial charge in [-0.2, -0.15) is 0 Å². The second kappa shape index (κ2) is 8.50. The van der Waals surface area contributed by atoms with Crippen LogP contribution in [0.15, 0.2) is 24.3 Å². The molecule has 1 amide bonds. The van der Waals surface area contributed by atoms with Gasteiger partial charge in [-0.1, -0.05) is 18.2 Å². The third-order valence-electron chi connectivity index (χ3n) is 4.42. The highest BCUT2D eigenvalue weighted by Crippen LogP contribution is 2.26. The van der Waals surface area contributed by atoms with Crippen LogP contribution in [-0.2, 0) is 11.3 Å². The zero-order chi connectivity index (χ0) is 15.4. The number of nitrogens with one attached hydrogen (secondary N) is 2. The summed E-state index contributed by atoms with van der Waals surface area (Å²) in [6.07, 6.45) is 4.28. The lowest BCUT2D eigenvalue weighted by Crippen LogP contribution is -2.40. The van der Waals surface area contributed by atoms with Gasteiger partial charge >= 0.3 is 0 Å². The molecule has 1 heterocycles. The van der Waals surface area contributed by atoms with Crippen molar-refractivity contribution in [2.24, 2.45) is 0 Å². The molecule has 0 unspecified atom stereocenters. The van der Waals surface area contributed by atoms with E-state index in [0.29, 0.717) is 12.6 Å². The molecule has 23 heavy (non-hydrogen) atoms. The maximum absolute atomic E-state index is 13.1. The van der Waals surface area contributed by atoms with Crippen molar-refractivity contribution in [3.8, 4) is 5.75 Å². The van der Waals surface area contributed by atoms with Gasteiger partial charge in [0.25, 0.3) is 0 Å². The summed E-state index contributed by atoms with van der Waals surface area (Å²) in [6.45, 7) is 0.677. The zero-order valence-corrected chi connectivity index (χ0v) is 13.9. The Morgan fingerprint density at radius 3 is 2.74 bits per heavy atom. The van der Waals surface area contributed by atoms with E-state index in [0.717, 1.165) is 24.2 Å². The molecule has 3 rings (SSSR count). The minimum Gasteiger partial charge on any atom is -0.490 e. The van der Waals surface area contributed by atoms with Gasteiger partial charge in [-0.3, -0.25) is 4.79 Å². The monoisotopic (exact) mass is 342 g/mol. The highest BCUT2D eigenvalue weighted by Gasteiger charge is 2.29. The van der Waals surface area contributed by atoms with E-state index in [1.807, 2.05) is 24.3 Å². The summed E-state index contributed by atoms with van der Waals surface area (Å²) >= 11 is 0. The second-order valence-corrected chi connectivity index (χ2v) is 6.14. The van der Waals surface area contributed by atoms with Gasteiger partial charge in [-0.15, -0.1) is 12.4 Å². The molecule has 128 valence electrons. The van der Waals surface area contributed by atoms with Gasteiger partial charge in [-0.25, -0.2) is 4.39 Å². The first-order valence-corrected chi connectivity index (χ1v) is 8.12. The summed E-state index contributed by atoms with van der Waals surface area (Å²) in [6, 6.07) is 7.38. The van der Waals surface area contributed by atoms with Gasteiger partial charge in [0.2, 0.25) is 5.91 Å². The van der Waals surface area contributed by atoms with Gasteiger partial charge in [0.15, 0.2) is 0 Å². The van der Waals surface area contributed by atoms with Crippen molar-refractivity contribution in [1.82, 2.24) is 10.6 Å². The Morgan fingerprint density at radius 1 is 1.30 bits per heavy atom. The molecular formula is C17H24ClFN2O2. The number of hydrogen-bond acceptors (Lipinski definition) is 3. The molecule has 1 saturated heterocycles. The number of benzene rings is 1. The first kappa shape index (κ1) is 18.0. The predicted molar refractivity (Wildman–Crippen MR) is 89.7 cm³/mol. The van der Waals surface area contributed by atoms with Crippen molar-refractivity contribution >= 4 is 18.3 Å². The Hall–Kier alpha value is -1.33. The van der Waals surface area contributed by atoms with Crippen LogP contribution in [0.4, 0.5) is 4.39 Å². The molecule has 0 radical (unpaired) electrons. The van der Waals surface area contributed by atoms with Crippen LogP contribution >= 0.6 is 12.4 Å². The predicted octanol–water partition coefficient (Wildman–Crippen LogP) is 2.75. The number of rotatable bonds is 5. The standard InChI is InChI=1S/C17H23FN2O2.ClH/c18-13-9-15(19-11-13)17(21)20-10-12-5-1-4-8-16(12)22-14-6-2-3-7-14;/h1,4-5,8,13-15,19H,2-3,6-7,9-11H2,(H,20,21);1H/t13-,15+;/m0./s1. The molecule has 0 bridgehead atoms. The van der Waals surface area contributed by atoms with E-state index in [9.17, 15) is 9.18 Å². The van der Waals surface area contributed by atoms with E-state index in [1.54, 1.807) is 0 Å². The largest absolute Gasteiger partial charge is 0.490 e. The van der Waals surface area contributed by atoms with E-state index in [1.165, 1.54) is 12.8 Å². The fourth-order valence-corrected chi connectivity index (χ4v) is 3.15. The third-order valence-corrected chi connectivity index (χ3v) is 4.42. The quantitative estimate of drug-likeness (QED) is 0.865. The second-order valence-electron chi connectivity index (χ2n) is 6.14. The molecule has 1 aliphatic heterocycles. The topological polar surface area (TPSA) is 50.4 Å². The molecule has 1 aromatic carbocycles. The van der Waals surface area contributed by atoms with Gasteiger partial charge in [-0.05, 0) is 31.7 Å². The molecule has 1 aromatic rings. The minimum absolute atomic E-state index is 0. The molecule has 0 aromatic heterocycles. The van der Waals surface area contributed by atoms with Gasteiger partial charge in [0.1, 0.15) is 11.9 Å². The van der Waals surface area contributed by atoms with Crippen LogP contribution in [0.5, 0.6) is 5.75 Å². The number of halogens is 2. The molecule has 6 heteroatoms. The van der Waals surface area contributed by atoms with Gasteiger partial charge in [0, 0.05) is 25.1 Å². The number of carbonyl (C=O) groups excluding carboxylic acids is 1. The highest BCUT2D eigenvalue weighted by molar-refractivity contribution is 5.85. The van der Waals surface area contributed by atoms with E-state index in [4.69, 9.17) is 4.74 Å². The number of para-hydroxylation sites is 1. The fourth-order valence-electron chi connectivity index (χ4n) is 3.15. The third kappa shape index (κ3) is 4.82. The molecule has 2 aliphatic rings. The smallest absolute Gasteiger partial charge is 0.237 e. The maximum atomic E-state index is 13.1. The average molecular weight is 343 g/mol. The average Bonchev–Trinajstić information content (AvgIpc) is 3.18. The summed E-state index contributed by atoms with van der Waals surface area (Å²) in [5, 5.41) is 5.78. The Morgan fingerprint density at radius 2 is 2.04 bits per heavy atom. The molecule has 0 spiro atoms. The number of carbonyl (C=O) groups is 1. The molecule has 2 fully saturated rings. The Labute approximate surface area is 142 Å². The van der Waals surface area contributed by atoms with E-state index < -0.39 is 12.2 Å². The fraction of sp³-hybridized carbons (Fsp3) is 0.588. The lowest BCUT2D eigenvalue weighted by Gasteiger charge is -2.17. The van der Waals surface area contributed by atoms with Gasteiger partial charge < -0.3 is 15.4 Å². The molecule has 1 saturated carbocycles. The van der Waals surface area contributed by atoms with Crippen molar-refractivity contribution in [2.75, 3.05) is 6.54 Å². The van der Waals surface area contributed by atoms with Crippen LogP contribution < -0.4 is 15.4 Å². The van der Waals surface area contributed by atoms with Crippen molar-refractivity contribution < 1.29 is 13.9 Å². The summed E-state index contributed by atoms with van der Waals surface area (Å²) < 4.78 is 19.2. The SMILES string of the molecule is Cl.O=C(NCc1ccccc1OC1CCCC1)[C@H]1C[C@H](F)CN1. The minimum atomic E-state index is -0.922. The first-order valence-electron chi connectivity index (χ1n) is 8.12. The van der Waals surface area contributed by atoms with Crippen LogP contribution in [0.3, 0.4) is 0 Å². The van der Waals surface area contributed by atoms with E-state index in [2.05, 4.69) is 10.6 Å². The van der Waals surface area contributed by atoms with Gasteiger partial charge in [0.05, 0.1) is 12.1 Å². The van der Waals surface area contributed by atoms with Crippen LogP contribution in [0.2, 0.25) is 0 Å². The Bertz CT molecular complexity index is 523. The normalized spacial score (nSPS) is 24.2. The van der Waals surface area contributed by atoms with E-state index >= 15 is 0 Å². The zero-order valence-electron chi connectivity index (χ0n) is 13.1. The number of ether oxygens (including phenoxy) is 1. The van der Waals surface area contributed by atoms with Crippen LogP contribution in [-0.4, -0.2) is 30.8 Å². The first-order chi connectivity index (χ1) is 10.7. The van der Waals surface area contributed by atoms with Crippen molar-refractivity contribution in [2.45, 2.75) is 57.0 Å². The number of amides is 1. The molecule has 1 aliphatic carbocycles. The molecule has 4 nitrogen and oxygen atoms in total. The highest BCUT2D eigenvalue weighted by atomic mass is 35.5. The lowest BCUT2D eigenvalue weighted by atomic mass is 10.1. The number of alkyl halides is 1. The summed E-state index contributed by atoms with van der Waals surface area (Å²) in [4.78, 5) is 12.0. The Balaban J connectivity index is 0.00000192. The lowest BCUT2D eigenvalue weighted by molar-refractivity contribution is -0.123. The molecule has 2 N–H and O–H groups in total. The van der Waals surface area contributed by atoms with E-state index in [-0.39, 0.29) is 31.3 Å². The molecular weight excluding hydrogens is 319 g/mol. The maximum Gasteiger partial charge on any atom is 0.237 e. The molecule has 2 atom stereocenters. The Kier molecular flexibility index (Phi) is 6.66. The summed E-state index contributed by atoms with van der Waals surface area (Å²) in [5.41, 5.74) is 0.970. The summed E-state index contributed by atoms with van der Waals surface area (Å²) in [7, 11) is 0. The van der Waals surface area contributed by atoms with Crippen molar-refractivity contribution in [3.05, 3.63) is 29.8 Å². The van der Waals surface area contributed by atoms with Crippen LogP contribution in [0, 0.1) is 0 Å². The van der Waals surface area contributed by atoms with Crippen LogP contribution in [0.1, 0.15) is 37.7 Å². The van der Waals surface area contributed by atoms with Crippen molar-refractivity contribution in [3.63, 3.8) is 0 Å². The van der Waals surface area contributed by atoms with Crippen LogP contribution in [0.25, 0.3) is 0 Å². The number of hydrogen-bond donors (Lipinski definition) is 2. The summed E-state index contributed by atoms with van der Waals surface area (Å²) in [5.74, 6) is 0.702.